The Hall–Kier alpha value is -0.830. The minimum atomic E-state index is 0.645. The van der Waals surface area contributed by atoms with Gasteiger partial charge < -0.3 is 4.84 Å². The van der Waals surface area contributed by atoms with Crippen LogP contribution in [0.4, 0.5) is 0 Å². The normalized spacial score (nSPS) is 17.6. The lowest BCUT2D eigenvalue weighted by atomic mass is 9.90. The molecule has 3 heteroatoms. The SMILES string of the molecule is CCON=C1CCc2cccc(Br)c2C1. The van der Waals surface area contributed by atoms with Gasteiger partial charge in [0.2, 0.25) is 0 Å². The van der Waals surface area contributed by atoms with Gasteiger partial charge in [0.1, 0.15) is 6.61 Å². The van der Waals surface area contributed by atoms with Crippen LogP contribution in [0.2, 0.25) is 0 Å². The van der Waals surface area contributed by atoms with Crippen LogP contribution >= 0.6 is 15.9 Å². The fraction of sp³-hybridized carbons (Fsp3) is 0.417. The molecule has 0 bridgehead atoms. The van der Waals surface area contributed by atoms with E-state index in [2.05, 4.69) is 39.3 Å². The van der Waals surface area contributed by atoms with Crippen molar-refractivity contribution in [3.8, 4) is 0 Å². The first-order valence-corrected chi connectivity index (χ1v) is 6.04. The number of benzene rings is 1. The van der Waals surface area contributed by atoms with E-state index in [0.29, 0.717) is 6.61 Å². The third-order valence-electron chi connectivity index (χ3n) is 2.60. The van der Waals surface area contributed by atoms with Gasteiger partial charge in [0.15, 0.2) is 0 Å². The molecule has 0 saturated heterocycles. The van der Waals surface area contributed by atoms with Gasteiger partial charge in [-0.3, -0.25) is 0 Å². The maximum atomic E-state index is 5.10. The topological polar surface area (TPSA) is 21.6 Å². The molecule has 1 aliphatic carbocycles. The Morgan fingerprint density at radius 1 is 1.40 bits per heavy atom. The molecule has 2 rings (SSSR count). The fourth-order valence-electron chi connectivity index (χ4n) is 1.84. The van der Waals surface area contributed by atoms with Gasteiger partial charge in [-0.1, -0.05) is 33.2 Å². The van der Waals surface area contributed by atoms with Gasteiger partial charge in [-0.25, -0.2) is 0 Å². The molecule has 2 nitrogen and oxygen atoms in total. The molecule has 0 spiro atoms. The summed E-state index contributed by atoms with van der Waals surface area (Å²) in [5.41, 5.74) is 3.94. The zero-order valence-corrected chi connectivity index (χ0v) is 10.4. The monoisotopic (exact) mass is 267 g/mol. The number of aryl methyl sites for hydroxylation is 1. The van der Waals surface area contributed by atoms with Gasteiger partial charge in [0.25, 0.3) is 0 Å². The maximum Gasteiger partial charge on any atom is 0.114 e. The molecule has 0 amide bonds. The van der Waals surface area contributed by atoms with Crippen molar-refractivity contribution in [3.63, 3.8) is 0 Å². The number of nitrogens with zero attached hydrogens (tertiary/aromatic N) is 1. The third-order valence-corrected chi connectivity index (χ3v) is 3.35. The van der Waals surface area contributed by atoms with Gasteiger partial charge >= 0.3 is 0 Å². The molecule has 1 aromatic rings. The minimum absolute atomic E-state index is 0.645. The molecule has 0 aromatic heterocycles. The summed E-state index contributed by atoms with van der Waals surface area (Å²) in [5, 5.41) is 4.14. The first-order chi connectivity index (χ1) is 7.31. The highest BCUT2D eigenvalue weighted by Crippen LogP contribution is 2.26. The molecule has 0 aliphatic heterocycles. The fourth-order valence-corrected chi connectivity index (χ4v) is 2.39. The lowest BCUT2D eigenvalue weighted by Gasteiger charge is -2.18. The highest BCUT2D eigenvalue weighted by atomic mass is 79.9. The smallest absolute Gasteiger partial charge is 0.114 e. The van der Waals surface area contributed by atoms with E-state index in [4.69, 9.17) is 4.84 Å². The zero-order chi connectivity index (χ0) is 10.7. The summed E-state index contributed by atoms with van der Waals surface area (Å²) in [7, 11) is 0. The molecule has 0 unspecified atom stereocenters. The minimum Gasteiger partial charge on any atom is -0.396 e. The summed E-state index contributed by atoms with van der Waals surface area (Å²) in [6.45, 7) is 2.60. The lowest BCUT2D eigenvalue weighted by molar-refractivity contribution is 0.157. The highest BCUT2D eigenvalue weighted by Gasteiger charge is 2.16. The average Bonchev–Trinajstić information content (AvgIpc) is 2.27. The standard InChI is InChI=1S/C12H14BrNO/c1-2-15-14-10-7-6-9-4-3-5-12(13)11(9)8-10/h3-5H,2,6-8H2,1H3. The molecular weight excluding hydrogens is 254 g/mol. The van der Waals surface area contributed by atoms with Crippen LogP contribution in [0.15, 0.2) is 27.8 Å². The second kappa shape index (κ2) is 4.79. The molecule has 15 heavy (non-hydrogen) atoms. The number of hydrogen-bond donors (Lipinski definition) is 0. The zero-order valence-electron chi connectivity index (χ0n) is 8.79. The first-order valence-electron chi connectivity index (χ1n) is 5.25. The predicted octanol–water partition coefficient (Wildman–Crippen LogP) is 3.33. The first kappa shape index (κ1) is 10.7. The molecule has 0 heterocycles. The molecule has 0 saturated carbocycles. The summed E-state index contributed by atoms with van der Waals surface area (Å²) >= 11 is 3.58. The van der Waals surface area contributed by atoms with Crippen LogP contribution in [-0.4, -0.2) is 12.3 Å². The molecule has 1 aliphatic rings. The maximum absolute atomic E-state index is 5.10. The average molecular weight is 268 g/mol. The molecular formula is C12H14BrNO. The summed E-state index contributed by atoms with van der Waals surface area (Å²) in [6, 6.07) is 6.37. The molecule has 80 valence electrons. The van der Waals surface area contributed by atoms with Crippen molar-refractivity contribution in [3.05, 3.63) is 33.8 Å². The van der Waals surface area contributed by atoms with Crippen LogP contribution in [0.25, 0.3) is 0 Å². The second-order valence-electron chi connectivity index (χ2n) is 3.63. The van der Waals surface area contributed by atoms with E-state index in [1.807, 2.05) is 6.92 Å². The van der Waals surface area contributed by atoms with Crippen LogP contribution in [-0.2, 0) is 17.7 Å². The Balaban J connectivity index is 2.22. The Bertz CT molecular complexity index is 387. The molecule has 0 fully saturated rings. The van der Waals surface area contributed by atoms with E-state index in [1.165, 1.54) is 15.6 Å². The second-order valence-corrected chi connectivity index (χ2v) is 4.48. The van der Waals surface area contributed by atoms with E-state index in [9.17, 15) is 0 Å². The van der Waals surface area contributed by atoms with Crippen molar-refractivity contribution < 1.29 is 4.84 Å². The van der Waals surface area contributed by atoms with Crippen molar-refractivity contribution in [2.75, 3.05) is 6.61 Å². The number of halogens is 1. The van der Waals surface area contributed by atoms with E-state index in [0.717, 1.165) is 25.0 Å². The summed E-state index contributed by atoms with van der Waals surface area (Å²) in [6.07, 6.45) is 3.00. The van der Waals surface area contributed by atoms with Crippen molar-refractivity contribution >= 4 is 21.6 Å². The molecule has 1 aromatic carbocycles. The molecule has 0 N–H and O–H groups in total. The number of oxime groups is 1. The Morgan fingerprint density at radius 2 is 2.27 bits per heavy atom. The van der Waals surface area contributed by atoms with Crippen LogP contribution in [0.3, 0.4) is 0 Å². The van der Waals surface area contributed by atoms with Crippen LogP contribution in [0.1, 0.15) is 24.5 Å². The quantitative estimate of drug-likeness (QED) is 0.754. The van der Waals surface area contributed by atoms with Crippen molar-refractivity contribution in [1.29, 1.82) is 0 Å². The number of rotatable bonds is 2. The Morgan fingerprint density at radius 3 is 3.07 bits per heavy atom. The van der Waals surface area contributed by atoms with Crippen molar-refractivity contribution in [2.45, 2.75) is 26.2 Å². The van der Waals surface area contributed by atoms with Gasteiger partial charge in [-0.05, 0) is 37.0 Å². The summed E-state index contributed by atoms with van der Waals surface area (Å²) in [4.78, 5) is 5.10. The predicted molar refractivity (Wildman–Crippen MR) is 65.2 cm³/mol. The van der Waals surface area contributed by atoms with E-state index >= 15 is 0 Å². The molecule has 0 radical (unpaired) electrons. The van der Waals surface area contributed by atoms with E-state index in [-0.39, 0.29) is 0 Å². The van der Waals surface area contributed by atoms with Crippen LogP contribution < -0.4 is 0 Å². The van der Waals surface area contributed by atoms with Crippen LogP contribution in [0, 0.1) is 0 Å². The third kappa shape index (κ3) is 2.40. The summed E-state index contributed by atoms with van der Waals surface area (Å²) in [5.74, 6) is 0. The molecule has 0 atom stereocenters. The van der Waals surface area contributed by atoms with Crippen LogP contribution in [0.5, 0.6) is 0 Å². The van der Waals surface area contributed by atoms with Gasteiger partial charge in [-0.2, -0.15) is 0 Å². The van der Waals surface area contributed by atoms with Gasteiger partial charge in [0, 0.05) is 10.9 Å². The van der Waals surface area contributed by atoms with Gasteiger partial charge in [0.05, 0.1) is 5.71 Å². The van der Waals surface area contributed by atoms with E-state index in [1.54, 1.807) is 0 Å². The largest absolute Gasteiger partial charge is 0.396 e. The number of fused-ring (bicyclic) bond motifs is 1. The number of hydrogen-bond acceptors (Lipinski definition) is 2. The van der Waals surface area contributed by atoms with Gasteiger partial charge in [-0.15, -0.1) is 0 Å². The lowest BCUT2D eigenvalue weighted by Crippen LogP contribution is -2.14. The Kier molecular flexibility index (Phi) is 3.41. The van der Waals surface area contributed by atoms with Crippen molar-refractivity contribution in [2.24, 2.45) is 5.16 Å². The summed E-state index contributed by atoms with van der Waals surface area (Å²) < 4.78 is 1.18. The Labute approximate surface area is 98.4 Å². The van der Waals surface area contributed by atoms with Crippen molar-refractivity contribution in [1.82, 2.24) is 0 Å². The highest BCUT2D eigenvalue weighted by molar-refractivity contribution is 9.10. The van der Waals surface area contributed by atoms with E-state index < -0.39 is 0 Å².